The highest BCUT2D eigenvalue weighted by Crippen LogP contribution is 2.26. The van der Waals surface area contributed by atoms with E-state index in [1.165, 1.54) is 6.07 Å². The molecule has 2 N–H and O–H groups in total. The molecule has 0 radical (unpaired) electrons. The number of rotatable bonds is 3. The Bertz CT molecular complexity index is 495. The lowest BCUT2D eigenvalue weighted by atomic mass is 10.2. The molecule has 1 aromatic carbocycles. The van der Waals surface area contributed by atoms with Crippen molar-refractivity contribution in [1.82, 2.24) is 5.16 Å². The van der Waals surface area contributed by atoms with Crippen molar-refractivity contribution in [3.8, 4) is 0 Å². The van der Waals surface area contributed by atoms with E-state index in [2.05, 4.69) is 5.16 Å². The molecule has 86 valence electrons. The summed E-state index contributed by atoms with van der Waals surface area (Å²) < 4.78 is 18.3. The zero-order valence-electron chi connectivity index (χ0n) is 9.27. The molecule has 0 saturated carbocycles. The average Bonchev–Trinajstić information content (AvgIpc) is 2.61. The Hall–Kier alpha value is -1.62. The molecule has 2 aromatic rings. The summed E-state index contributed by atoms with van der Waals surface area (Å²) in [5.74, 6) is 0.220. The molecule has 1 heterocycles. The highest BCUT2D eigenvalue weighted by molar-refractivity contribution is 5.88. The van der Waals surface area contributed by atoms with Gasteiger partial charge in [0.2, 0.25) is 5.58 Å². The molecule has 0 spiro atoms. The quantitative estimate of drug-likeness (QED) is 0.861. The molecule has 0 aliphatic heterocycles. The second-order valence-corrected chi connectivity index (χ2v) is 3.98. The normalized spacial score (nSPS) is 13.0. The molecule has 0 amide bonds. The van der Waals surface area contributed by atoms with Crippen LogP contribution in [0.2, 0.25) is 0 Å². The topological polar surface area (TPSA) is 55.3 Å². The maximum atomic E-state index is 13.3. The Morgan fingerprint density at radius 2 is 2.31 bits per heavy atom. The van der Waals surface area contributed by atoms with Crippen LogP contribution in [0.25, 0.3) is 11.0 Å². The van der Waals surface area contributed by atoms with Crippen LogP contribution in [0.5, 0.6) is 0 Å². The van der Waals surface area contributed by atoms with Crippen LogP contribution in [-0.4, -0.2) is 24.8 Å². The van der Waals surface area contributed by atoms with Crippen LogP contribution in [0.3, 0.4) is 0 Å². The van der Waals surface area contributed by atoms with Crippen molar-refractivity contribution in [2.75, 3.05) is 18.5 Å². The average molecular weight is 223 g/mol. The van der Waals surface area contributed by atoms with Crippen LogP contribution >= 0.6 is 0 Å². The molecule has 0 bridgehead atoms. The van der Waals surface area contributed by atoms with Crippen molar-refractivity contribution in [2.45, 2.75) is 13.0 Å². The fourth-order valence-corrected chi connectivity index (χ4v) is 1.71. The first-order chi connectivity index (χ1) is 7.59. The Labute approximate surface area is 92.8 Å². The molecule has 1 atom stereocenters. The van der Waals surface area contributed by atoms with Crippen molar-refractivity contribution in [3.05, 3.63) is 24.0 Å². The molecule has 2 rings (SSSR count). The first-order valence-corrected chi connectivity index (χ1v) is 5.10. The minimum atomic E-state index is -0.398. The third-order valence-corrected chi connectivity index (χ3v) is 2.35. The molecule has 0 fully saturated rings. The third kappa shape index (κ3) is 1.86. The Balaban J connectivity index is 2.42. The highest BCUT2D eigenvalue weighted by atomic mass is 19.1. The number of hydrogen-bond acceptors (Lipinski definition) is 4. The summed E-state index contributed by atoms with van der Waals surface area (Å²) in [5, 5.41) is 4.53. The predicted octanol–water partition coefficient (Wildman–Crippen LogP) is 1.75. The zero-order valence-corrected chi connectivity index (χ0v) is 9.27. The van der Waals surface area contributed by atoms with E-state index in [-0.39, 0.29) is 11.6 Å². The number of halogens is 1. The van der Waals surface area contributed by atoms with Crippen molar-refractivity contribution in [1.29, 1.82) is 0 Å². The summed E-state index contributed by atoms with van der Waals surface area (Å²) in [6, 6.07) is 4.79. The van der Waals surface area contributed by atoms with Gasteiger partial charge in [0.25, 0.3) is 0 Å². The molecule has 0 aliphatic rings. The van der Waals surface area contributed by atoms with Gasteiger partial charge in [0, 0.05) is 19.6 Å². The molecule has 4 nitrogen and oxygen atoms in total. The SMILES string of the molecule is CC(N)CN(C)c1noc2c(F)cccc12. The standard InChI is InChI=1S/C11H14FN3O/c1-7(13)6-15(2)11-8-4-3-5-9(12)10(8)16-14-11/h3-5,7H,6,13H2,1-2H3. The van der Waals surface area contributed by atoms with E-state index in [1.807, 2.05) is 18.9 Å². The first-order valence-electron chi connectivity index (χ1n) is 5.10. The Morgan fingerprint density at radius 3 is 3.00 bits per heavy atom. The molecule has 0 aliphatic carbocycles. The molecule has 0 saturated heterocycles. The van der Waals surface area contributed by atoms with Gasteiger partial charge in [-0.25, -0.2) is 4.39 Å². The van der Waals surface area contributed by atoms with E-state index in [0.717, 1.165) is 0 Å². The van der Waals surface area contributed by atoms with E-state index >= 15 is 0 Å². The maximum Gasteiger partial charge on any atom is 0.204 e. The van der Waals surface area contributed by atoms with Crippen LogP contribution in [0.1, 0.15) is 6.92 Å². The zero-order chi connectivity index (χ0) is 11.7. The summed E-state index contributed by atoms with van der Waals surface area (Å²) in [6.07, 6.45) is 0. The Morgan fingerprint density at radius 1 is 1.56 bits per heavy atom. The molecule has 1 unspecified atom stereocenters. The predicted molar refractivity (Wildman–Crippen MR) is 60.9 cm³/mol. The van der Waals surface area contributed by atoms with E-state index in [4.69, 9.17) is 10.3 Å². The number of para-hydroxylation sites is 1. The fraction of sp³-hybridized carbons (Fsp3) is 0.364. The number of aromatic nitrogens is 1. The van der Waals surface area contributed by atoms with Gasteiger partial charge in [-0.2, -0.15) is 0 Å². The van der Waals surface area contributed by atoms with Crippen molar-refractivity contribution >= 4 is 16.8 Å². The minimum Gasteiger partial charge on any atom is -0.355 e. The monoisotopic (exact) mass is 223 g/mol. The number of likely N-dealkylation sites (N-methyl/N-ethyl adjacent to an activating group) is 1. The largest absolute Gasteiger partial charge is 0.355 e. The van der Waals surface area contributed by atoms with Crippen LogP contribution in [0.15, 0.2) is 22.7 Å². The lowest BCUT2D eigenvalue weighted by Gasteiger charge is -2.18. The Kier molecular flexibility index (Phi) is 2.78. The van der Waals surface area contributed by atoms with Crippen LogP contribution in [0, 0.1) is 5.82 Å². The highest BCUT2D eigenvalue weighted by Gasteiger charge is 2.15. The lowest BCUT2D eigenvalue weighted by Crippen LogP contribution is -2.33. The van der Waals surface area contributed by atoms with Gasteiger partial charge in [0.05, 0.1) is 5.39 Å². The number of nitrogens with two attached hydrogens (primary N) is 1. The van der Waals surface area contributed by atoms with E-state index in [9.17, 15) is 4.39 Å². The van der Waals surface area contributed by atoms with Crippen LogP contribution in [-0.2, 0) is 0 Å². The first kappa shape index (κ1) is 10.9. The summed E-state index contributed by atoms with van der Waals surface area (Å²) in [7, 11) is 1.85. The minimum absolute atomic E-state index is 0.0188. The number of benzene rings is 1. The maximum absolute atomic E-state index is 13.3. The smallest absolute Gasteiger partial charge is 0.204 e. The van der Waals surface area contributed by atoms with E-state index < -0.39 is 5.82 Å². The van der Waals surface area contributed by atoms with Gasteiger partial charge in [-0.3, -0.25) is 0 Å². The summed E-state index contributed by atoms with van der Waals surface area (Å²) in [5.41, 5.74) is 5.89. The van der Waals surface area contributed by atoms with Gasteiger partial charge in [-0.05, 0) is 19.1 Å². The van der Waals surface area contributed by atoms with Gasteiger partial charge in [0.15, 0.2) is 11.6 Å². The van der Waals surface area contributed by atoms with Crippen molar-refractivity contribution in [3.63, 3.8) is 0 Å². The summed E-state index contributed by atoms with van der Waals surface area (Å²) in [6.45, 7) is 2.54. The number of anilines is 1. The molecule has 5 heteroatoms. The fourth-order valence-electron chi connectivity index (χ4n) is 1.71. The number of hydrogen-bond donors (Lipinski definition) is 1. The van der Waals surface area contributed by atoms with Gasteiger partial charge in [-0.1, -0.05) is 11.2 Å². The van der Waals surface area contributed by atoms with Crippen LogP contribution in [0.4, 0.5) is 10.2 Å². The summed E-state index contributed by atoms with van der Waals surface area (Å²) >= 11 is 0. The van der Waals surface area contributed by atoms with Gasteiger partial charge >= 0.3 is 0 Å². The number of fused-ring (bicyclic) bond motifs is 1. The van der Waals surface area contributed by atoms with Gasteiger partial charge < -0.3 is 15.2 Å². The molecule has 16 heavy (non-hydrogen) atoms. The second-order valence-electron chi connectivity index (χ2n) is 3.98. The van der Waals surface area contributed by atoms with Gasteiger partial charge in [0.1, 0.15) is 0 Å². The molecule has 1 aromatic heterocycles. The third-order valence-electron chi connectivity index (χ3n) is 2.35. The molecular weight excluding hydrogens is 209 g/mol. The van der Waals surface area contributed by atoms with E-state index in [0.29, 0.717) is 17.7 Å². The summed E-state index contributed by atoms with van der Waals surface area (Å²) in [4.78, 5) is 1.86. The van der Waals surface area contributed by atoms with Gasteiger partial charge in [-0.15, -0.1) is 0 Å². The van der Waals surface area contributed by atoms with E-state index in [1.54, 1.807) is 12.1 Å². The molecular formula is C11H14FN3O. The number of nitrogens with zero attached hydrogens (tertiary/aromatic N) is 2. The lowest BCUT2D eigenvalue weighted by molar-refractivity contribution is 0.439. The van der Waals surface area contributed by atoms with Crippen LogP contribution < -0.4 is 10.6 Å². The second kappa shape index (κ2) is 4.09. The van der Waals surface area contributed by atoms with Crippen molar-refractivity contribution in [2.24, 2.45) is 5.73 Å². The van der Waals surface area contributed by atoms with Crippen molar-refractivity contribution < 1.29 is 8.91 Å².